The molecule has 0 bridgehead atoms. The van der Waals surface area contributed by atoms with E-state index in [0.717, 1.165) is 5.56 Å². The van der Waals surface area contributed by atoms with Gasteiger partial charge in [0.15, 0.2) is 6.61 Å². The van der Waals surface area contributed by atoms with Gasteiger partial charge >= 0.3 is 0 Å². The number of carbonyl (C=O) groups excluding carboxylic acids is 1. The number of benzene rings is 2. The SMILES string of the molecule is COc1ccc(-c2cc([N+](=O)[O-])ccc2OCC(=O)N2C[C@H](C)O[C@@H](C)C2)cc1. The zero-order valence-corrected chi connectivity index (χ0v) is 16.7. The summed E-state index contributed by atoms with van der Waals surface area (Å²) < 4.78 is 16.6. The van der Waals surface area contributed by atoms with Crippen LogP contribution < -0.4 is 9.47 Å². The first-order valence-electron chi connectivity index (χ1n) is 9.36. The molecule has 1 fully saturated rings. The van der Waals surface area contributed by atoms with Crippen molar-refractivity contribution in [1.82, 2.24) is 4.90 Å². The molecule has 0 unspecified atom stereocenters. The van der Waals surface area contributed by atoms with E-state index in [2.05, 4.69) is 0 Å². The van der Waals surface area contributed by atoms with Crippen LogP contribution in [-0.2, 0) is 9.53 Å². The number of non-ortho nitro benzene ring substituents is 1. The molecule has 154 valence electrons. The monoisotopic (exact) mass is 400 g/mol. The van der Waals surface area contributed by atoms with Crippen molar-refractivity contribution in [3.05, 3.63) is 52.6 Å². The Morgan fingerprint density at radius 1 is 1.17 bits per heavy atom. The minimum Gasteiger partial charge on any atom is -0.497 e. The molecule has 0 aromatic heterocycles. The Hall–Kier alpha value is -3.13. The molecule has 8 nitrogen and oxygen atoms in total. The van der Waals surface area contributed by atoms with Gasteiger partial charge < -0.3 is 19.1 Å². The summed E-state index contributed by atoms with van der Waals surface area (Å²) in [6, 6.07) is 11.4. The number of carbonyl (C=O) groups is 1. The Balaban J connectivity index is 1.80. The van der Waals surface area contributed by atoms with Crippen LogP contribution in [0.3, 0.4) is 0 Å². The van der Waals surface area contributed by atoms with Gasteiger partial charge in [0.25, 0.3) is 11.6 Å². The maximum Gasteiger partial charge on any atom is 0.270 e. The average molecular weight is 400 g/mol. The summed E-state index contributed by atoms with van der Waals surface area (Å²) in [6.45, 7) is 4.72. The molecule has 0 saturated carbocycles. The largest absolute Gasteiger partial charge is 0.497 e. The van der Waals surface area contributed by atoms with Crippen LogP contribution in [0.25, 0.3) is 11.1 Å². The van der Waals surface area contributed by atoms with E-state index in [1.54, 1.807) is 36.3 Å². The quantitative estimate of drug-likeness (QED) is 0.546. The fourth-order valence-corrected chi connectivity index (χ4v) is 3.37. The van der Waals surface area contributed by atoms with E-state index >= 15 is 0 Å². The Labute approximate surface area is 169 Å². The van der Waals surface area contributed by atoms with Crippen molar-refractivity contribution >= 4 is 11.6 Å². The van der Waals surface area contributed by atoms with Gasteiger partial charge in [-0.05, 0) is 37.6 Å². The minimum absolute atomic E-state index is 0.0306. The normalized spacial score (nSPS) is 18.9. The lowest BCUT2D eigenvalue weighted by atomic mass is 10.0. The molecule has 2 atom stereocenters. The lowest BCUT2D eigenvalue weighted by Gasteiger charge is -2.35. The lowest BCUT2D eigenvalue weighted by Crippen LogP contribution is -2.49. The van der Waals surface area contributed by atoms with Crippen LogP contribution in [0.1, 0.15) is 13.8 Å². The van der Waals surface area contributed by atoms with Gasteiger partial charge in [0, 0.05) is 30.8 Å². The zero-order valence-electron chi connectivity index (χ0n) is 16.7. The molecule has 0 radical (unpaired) electrons. The fourth-order valence-electron chi connectivity index (χ4n) is 3.37. The number of morpholine rings is 1. The van der Waals surface area contributed by atoms with Gasteiger partial charge in [-0.3, -0.25) is 14.9 Å². The predicted molar refractivity (Wildman–Crippen MR) is 107 cm³/mol. The van der Waals surface area contributed by atoms with E-state index in [9.17, 15) is 14.9 Å². The molecular formula is C21H24N2O6. The first kappa shape index (κ1) is 20.6. The lowest BCUT2D eigenvalue weighted by molar-refractivity contribution is -0.384. The molecule has 1 aliphatic rings. The van der Waals surface area contributed by atoms with Crippen molar-refractivity contribution in [2.24, 2.45) is 0 Å². The topological polar surface area (TPSA) is 91.1 Å². The van der Waals surface area contributed by atoms with Crippen molar-refractivity contribution < 1.29 is 23.9 Å². The van der Waals surface area contributed by atoms with Gasteiger partial charge in [-0.15, -0.1) is 0 Å². The average Bonchev–Trinajstić information content (AvgIpc) is 2.71. The Bertz CT molecular complexity index is 873. The number of hydrogen-bond acceptors (Lipinski definition) is 6. The maximum atomic E-state index is 12.6. The number of methoxy groups -OCH3 is 1. The van der Waals surface area contributed by atoms with E-state index < -0.39 is 4.92 Å². The highest BCUT2D eigenvalue weighted by atomic mass is 16.6. The number of amides is 1. The third kappa shape index (κ3) is 5.03. The van der Waals surface area contributed by atoms with Crippen molar-refractivity contribution in [3.8, 4) is 22.6 Å². The Morgan fingerprint density at radius 2 is 1.83 bits per heavy atom. The van der Waals surface area contributed by atoms with Crippen LogP contribution in [0.4, 0.5) is 5.69 Å². The van der Waals surface area contributed by atoms with Crippen LogP contribution in [0, 0.1) is 10.1 Å². The number of rotatable bonds is 6. The molecule has 0 spiro atoms. The predicted octanol–water partition coefficient (Wildman–Crippen LogP) is 3.29. The molecule has 1 heterocycles. The van der Waals surface area contributed by atoms with Gasteiger partial charge in [0.1, 0.15) is 11.5 Å². The summed E-state index contributed by atoms with van der Waals surface area (Å²) in [5.41, 5.74) is 1.22. The summed E-state index contributed by atoms with van der Waals surface area (Å²) in [7, 11) is 1.57. The molecule has 1 saturated heterocycles. The second kappa shape index (κ2) is 8.91. The van der Waals surface area contributed by atoms with Gasteiger partial charge in [-0.25, -0.2) is 0 Å². The van der Waals surface area contributed by atoms with Crippen LogP contribution in [-0.4, -0.2) is 54.7 Å². The van der Waals surface area contributed by atoms with E-state index in [1.165, 1.54) is 18.2 Å². The standard InChI is InChI=1S/C21H24N2O6/c1-14-11-22(12-15(2)29-14)21(24)13-28-20-9-6-17(23(25)26)10-19(20)16-4-7-18(27-3)8-5-16/h4-10,14-15H,11-13H2,1-3H3/t14-,15-/m0/s1. The summed E-state index contributed by atoms with van der Waals surface area (Å²) in [5.74, 6) is 0.932. The summed E-state index contributed by atoms with van der Waals surface area (Å²) in [4.78, 5) is 25.1. The number of nitro groups is 1. The highest BCUT2D eigenvalue weighted by Crippen LogP contribution is 2.34. The summed E-state index contributed by atoms with van der Waals surface area (Å²) >= 11 is 0. The number of nitro benzene ring substituents is 1. The van der Waals surface area contributed by atoms with Crippen LogP contribution in [0.2, 0.25) is 0 Å². The molecule has 3 rings (SSSR count). The van der Waals surface area contributed by atoms with Crippen LogP contribution >= 0.6 is 0 Å². The highest BCUT2D eigenvalue weighted by Gasteiger charge is 2.26. The second-order valence-electron chi connectivity index (χ2n) is 7.01. The summed E-state index contributed by atoms with van der Waals surface area (Å²) in [6.07, 6.45) is -0.0612. The van der Waals surface area contributed by atoms with Crippen molar-refractivity contribution in [1.29, 1.82) is 0 Å². The molecule has 2 aromatic rings. The molecule has 0 aliphatic carbocycles. The molecule has 1 aliphatic heterocycles. The van der Waals surface area contributed by atoms with Gasteiger partial charge in [0.2, 0.25) is 0 Å². The molecule has 1 amide bonds. The second-order valence-corrected chi connectivity index (χ2v) is 7.01. The number of nitrogens with zero attached hydrogens (tertiary/aromatic N) is 2. The summed E-state index contributed by atoms with van der Waals surface area (Å²) in [5, 5.41) is 11.2. The molecular weight excluding hydrogens is 376 g/mol. The third-order valence-electron chi connectivity index (χ3n) is 4.70. The Kier molecular flexibility index (Phi) is 6.33. The van der Waals surface area contributed by atoms with Crippen molar-refractivity contribution in [2.45, 2.75) is 26.1 Å². The fraction of sp³-hybridized carbons (Fsp3) is 0.381. The van der Waals surface area contributed by atoms with Gasteiger partial charge in [0.05, 0.1) is 24.2 Å². The van der Waals surface area contributed by atoms with Crippen LogP contribution in [0.5, 0.6) is 11.5 Å². The van der Waals surface area contributed by atoms with E-state index in [4.69, 9.17) is 14.2 Å². The van der Waals surface area contributed by atoms with Crippen LogP contribution in [0.15, 0.2) is 42.5 Å². The smallest absolute Gasteiger partial charge is 0.270 e. The molecule has 0 N–H and O–H groups in total. The highest BCUT2D eigenvalue weighted by molar-refractivity contribution is 5.79. The van der Waals surface area contributed by atoms with Crippen molar-refractivity contribution in [2.75, 3.05) is 26.8 Å². The Morgan fingerprint density at radius 3 is 2.41 bits per heavy atom. The first-order valence-corrected chi connectivity index (χ1v) is 9.36. The van der Waals surface area contributed by atoms with Gasteiger partial charge in [-0.2, -0.15) is 0 Å². The molecule has 2 aromatic carbocycles. The zero-order chi connectivity index (χ0) is 21.0. The van der Waals surface area contributed by atoms with E-state index in [1.807, 2.05) is 13.8 Å². The number of ether oxygens (including phenoxy) is 3. The van der Waals surface area contributed by atoms with Gasteiger partial charge in [-0.1, -0.05) is 12.1 Å². The van der Waals surface area contributed by atoms with E-state index in [0.29, 0.717) is 30.2 Å². The maximum absolute atomic E-state index is 12.6. The van der Waals surface area contributed by atoms with E-state index in [-0.39, 0.29) is 30.4 Å². The minimum atomic E-state index is -0.460. The van der Waals surface area contributed by atoms with Crippen molar-refractivity contribution in [3.63, 3.8) is 0 Å². The number of hydrogen-bond donors (Lipinski definition) is 0. The molecule has 8 heteroatoms. The molecule has 29 heavy (non-hydrogen) atoms. The third-order valence-corrected chi connectivity index (χ3v) is 4.70. The first-order chi connectivity index (χ1) is 13.9.